The molecule has 0 aromatic heterocycles. The van der Waals surface area contributed by atoms with Crippen molar-refractivity contribution < 1.29 is 133 Å². The minimum Gasteiger partial charge on any atom is -0.496 e. The van der Waals surface area contributed by atoms with Crippen LogP contribution in [0.2, 0.25) is 0 Å². The molecule has 0 amide bonds. The molecule has 0 aliphatic carbocycles. The lowest BCUT2D eigenvalue weighted by Crippen LogP contribution is -2.16. The Hall–Kier alpha value is -8.92. The van der Waals surface area contributed by atoms with Gasteiger partial charge in [0.05, 0.1) is 116 Å². The first-order valence-electron chi connectivity index (χ1n) is 39.5. The van der Waals surface area contributed by atoms with Gasteiger partial charge in [0, 0.05) is 115 Å². The quantitative estimate of drug-likeness (QED) is 0.0459. The van der Waals surface area contributed by atoms with Gasteiger partial charge in [-0.15, -0.1) is 0 Å². The summed E-state index contributed by atoms with van der Waals surface area (Å²) < 4.78 is 376. The molecule has 0 atom stereocenters. The molecule has 15 aromatic carbocycles. The molecular weight excluding hydrogens is 2550 g/mol. The fourth-order valence-electron chi connectivity index (χ4n) is 13.1. The van der Waals surface area contributed by atoms with E-state index in [1.165, 1.54) is 123 Å². The number of hydrogen-bond acceptors (Lipinski definition) is 4. The first kappa shape index (κ1) is 111. The van der Waals surface area contributed by atoms with Gasteiger partial charge < -0.3 is 18.9 Å². The second kappa shape index (κ2) is 48.2. The summed E-state index contributed by atoms with van der Waals surface area (Å²) in [7, 11) is -0.187. The molecule has 140 heavy (non-hydrogen) atoms. The van der Waals surface area contributed by atoms with Crippen LogP contribution in [0.15, 0.2) is 389 Å². The second-order valence-corrected chi connectivity index (χ2v) is 45.1. The maximum atomic E-state index is 13.9. The van der Waals surface area contributed by atoms with E-state index in [0.29, 0.717) is 57.2 Å². The van der Waals surface area contributed by atoms with E-state index in [4.69, 9.17) is 18.9 Å². The maximum Gasteiger partial charge on any atom is 0.419 e. The van der Waals surface area contributed by atoms with Gasteiger partial charge in [-0.05, 0) is 319 Å². The number of halogens is 31. The van der Waals surface area contributed by atoms with E-state index in [2.05, 4.69) is 90.4 Å². The molecule has 0 spiro atoms. The van der Waals surface area contributed by atoms with Gasteiger partial charge in [0.25, 0.3) is 0 Å². The molecule has 0 bridgehead atoms. The van der Waals surface area contributed by atoms with Crippen molar-refractivity contribution in [2.75, 3.05) is 28.4 Å². The van der Waals surface area contributed by atoms with Crippen LogP contribution in [0.25, 0.3) is 0 Å². The molecule has 0 N–H and O–H groups in total. The number of benzene rings is 15. The zero-order valence-corrected chi connectivity index (χ0v) is 86.3. The van der Waals surface area contributed by atoms with Crippen LogP contribution in [0.4, 0.5) is 114 Å². The summed E-state index contributed by atoms with van der Waals surface area (Å²) in [5.74, 6) is -4.69. The molecule has 0 radical (unpaired) electrons. The van der Waals surface area contributed by atoms with Gasteiger partial charge in [-0.3, -0.25) is 0 Å². The summed E-state index contributed by atoms with van der Waals surface area (Å²) in [6.07, 6.45) is -30.3. The lowest BCUT2D eigenvalue weighted by atomic mass is 10.1. The highest BCUT2D eigenvalue weighted by atomic mass is 127. The second-order valence-electron chi connectivity index (χ2n) is 28.7. The number of methoxy groups -OCH3 is 4. The van der Waals surface area contributed by atoms with Crippen LogP contribution >= 0.6 is 113 Å². The summed E-state index contributed by atoms with van der Waals surface area (Å²) in [5.41, 5.74) is -8.87. The van der Waals surface area contributed by atoms with Crippen LogP contribution < -0.4 is 18.9 Å². The molecule has 0 heterocycles. The molecule has 0 unspecified atom stereocenters. The zero-order chi connectivity index (χ0) is 102. The van der Waals surface area contributed by atoms with Crippen molar-refractivity contribution in [2.24, 2.45) is 0 Å². The fraction of sp³-hybridized carbons (Fsp3) is 0.100. The summed E-state index contributed by atoms with van der Waals surface area (Å²) in [5, 5.41) is 0. The number of alkyl halides is 18. The Morgan fingerprint density at radius 2 is 0.371 bits per heavy atom. The third-order valence-electron chi connectivity index (χ3n) is 19.2. The largest absolute Gasteiger partial charge is 0.496 e. The molecular formula is C100H64F26I5O4S5+5. The number of rotatable bonds is 19. The number of hydrogen-bond donors (Lipinski definition) is 0. The summed E-state index contributed by atoms with van der Waals surface area (Å²) in [6.45, 7) is 0. The molecule has 15 aromatic rings. The molecule has 730 valence electrons. The van der Waals surface area contributed by atoms with Crippen molar-refractivity contribution in [3.05, 3.63) is 413 Å². The standard InChI is InChI=1S/C22H10F12IS.C22H16F6IO2S.C20H16F2IO2S.C18H10F4IS.C18H12F2IS/c23-19(24,25)11-5-12(20(26,27)28)8-17(7-11)36(16-3-1-15(35)2-4-16)18-9-13(21(29,30)31)6-14(10-18)22(32,33)34;1-30-19-11-15(7-9-17(19)21(23,24)25)32(14-5-3-13(29)4-6-14)16-8-10-18(22(26,27)28)20(12-16)31-2;1-24-19-11-15(7-9-17(19)21)26(14-5-3-13(23)4-6-14)16-8-10-18(22)20(12-16)25-2;19-11-5-12(20)8-17(7-11)24(16-3-1-15(23)2-4-16)18-9-13(21)6-14(22)10-18;19-13-3-1-5-17(11-13)22(16-9-7-15(21)8-10-16)18-6-2-4-14(20)12-18/h1-10H;3-12H,1-2H3;3-12H,1-2H3;1-10H;1-12H/q5*+1. The topological polar surface area (TPSA) is 36.9 Å². The van der Waals surface area contributed by atoms with Gasteiger partial charge in [0.2, 0.25) is 0 Å². The molecule has 0 aliphatic rings. The summed E-state index contributed by atoms with van der Waals surface area (Å²) >= 11 is 10.6. The SMILES string of the molecule is COc1cc([S+](c2ccc(I)cc2)c2ccc(C(F)(F)F)c(OC)c2)ccc1C(F)(F)F.COc1cc([S+](c2ccc(I)cc2)c2ccc(F)c(OC)c2)ccc1F.FC(F)(F)c1cc([S+](c2ccc(I)cc2)c2cc(C(F)(F)F)cc(C(F)(F)F)c2)cc(C(F)(F)F)c1.Fc1cc(F)cc([S+](c2ccc(I)cc2)c2cc(F)cc(F)c2)c1.Fc1cccc([S+](c2ccc(I)cc2)c2cccc(F)c2)c1. The molecule has 4 nitrogen and oxygen atoms in total. The molecule has 0 aliphatic heterocycles. The fourth-order valence-corrected chi connectivity index (χ4v) is 25.5. The van der Waals surface area contributed by atoms with E-state index in [9.17, 15) is 114 Å². The van der Waals surface area contributed by atoms with Crippen LogP contribution in [0.1, 0.15) is 33.4 Å². The van der Waals surface area contributed by atoms with Crippen LogP contribution in [0.3, 0.4) is 0 Å². The lowest BCUT2D eigenvalue weighted by molar-refractivity contribution is -0.144. The van der Waals surface area contributed by atoms with Crippen molar-refractivity contribution in [2.45, 2.75) is 110 Å². The average molecular weight is 2620 g/mol. The van der Waals surface area contributed by atoms with E-state index >= 15 is 0 Å². The first-order chi connectivity index (χ1) is 65.8. The Bertz CT molecular complexity index is 6410. The average Bonchev–Trinajstić information content (AvgIpc) is 0.773. The van der Waals surface area contributed by atoms with E-state index < -0.39 is 170 Å². The van der Waals surface area contributed by atoms with Crippen molar-refractivity contribution in [1.82, 2.24) is 0 Å². The molecule has 40 heteroatoms. The van der Waals surface area contributed by atoms with Crippen LogP contribution in [0.5, 0.6) is 23.0 Å². The third kappa shape index (κ3) is 30.1. The highest BCUT2D eigenvalue weighted by molar-refractivity contribution is 14.1. The highest BCUT2D eigenvalue weighted by Gasteiger charge is 2.46. The molecule has 0 saturated heterocycles. The minimum absolute atomic E-state index is 0.0877. The summed E-state index contributed by atoms with van der Waals surface area (Å²) in [6, 6.07) is 72.5. The Labute approximate surface area is 866 Å². The molecule has 0 saturated carbocycles. The minimum atomic E-state index is -5.28. The monoisotopic (exact) mass is 2620 g/mol. The van der Waals surface area contributed by atoms with Gasteiger partial charge >= 0.3 is 37.1 Å². The maximum absolute atomic E-state index is 13.9. The van der Waals surface area contributed by atoms with Gasteiger partial charge in [0.15, 0.2) is 96.6 Å². The smallest absolute Gasteiger partial charge is 0.419 e. The van der Waals surface area contributed by atoms with Crippen LogP contribution in [0, 0.1) is 64.4 Å². The van der Waals surface area contributed by atoms with E-state index in [1.54, 1.807) is 60.7 Å². The van der Waals surface area contributed by atoms with Gasteiger partial charge in [-0.25, -0.2) is 35.1 Å². The zero-order valence-electron chi connectivity index (χ0n) is 71.4. The van der Waals surface area contributed by atoms with Gasteiger partial charge in [-0.2, -0.15) is 79.0 Å². The van der Waals surface area contributed by atoms with Crippen LogP contribution in [-0.4, -0.2) is 28.4 Å². The van der Waals surface area contributed by atoms with Crippen molar-refractivity contribution in [1.29, 1.82) is 0 Å². The van der Waals surface area contributed by atoms with E-state index in [-0.39, 0.29) is 51.7 Å². The lowest BCUT2D eigenvalue weighted by Gasteiger charge is -2.17. The highest BCUT2D eigenvalue weighted by Crippen LogP contribution is 2.49. The van der Waals surface area contributed by atoms with Gasteiger partial charge in [-0.1, -0.05) is 12.1 Å². The Balaban J connectivity index is 0.000000169. The van der Waals surface area contributed by atoms with Crippen molar-refractivity contribution in [3.8, 4) is 23.0 Å². The van der Waals surface area contributed by atoms with E-state index in [1.807, 2.05) is 108 Å². The first-order valence-corrected chi connectivity index (χ1v) is 51.0. The van der Waals surface area contributed by atoms with E-state index in [0.717, 1.165) is 82.1 Å². The Morgan fingerprint density at radius 1 is 0.179 bits per heavy atom. The predicted molar refractivity (Wildman–Crippen MR) is 527 cm³/mol. The normalized spacial score (nSPS) is 11.9. The van der Waals surface area contributed by atoms with Crippen molar-refractivity contribution >= 4 is 167 Å². The van der Waals surface area contributed by atoms with Gasteiger partial charge in [0.1, 0.15) is 46.4 Å². The molecule has 15 rings (SSSR count). The molecule has 0 fully saturated rings. The van der Waals surface area contributed by atoms with Crippen LogP contribution in [-0.2, 0) is 91.5 Å². The Morgan fingerprint density at radius 3 is 0.586 bits per heavy atom. The van der Waals surface area contributed by atoms with Crippen molar-refractivity contribution in [3.63, 3.8) is 0 Å². The third-order valence-corrected chi connectivity index (χ3v) is 33.7. The number of ether oxygens (including phenoxy) is 4. The Kier molecular flexibility index (Phi) is 38.4. The summed E-state index contributed by atoms with van der Waals surface area (Å²) in [4.78, 5) is 6.87. The predicted octanol–water partition coefficient (Wildman–Crippen LogP) is 34.2.